The Morgan fingerprint density at radius 3 is 2.93 bits per heavy atom. The van der Waals surface area contributed by atoms with Crippen molar-refractivity contribution < 1.29 is 0 Å². The van der Waals surface area contributed by atoms with Gasteiger partial charge in [0.05, 0.1) is 11.7 Å². The van der Waals surface area contributed by atoms with Gasteiger partial charge >= 0.3 is 0 Å². The van der Waals surface area contributed by atoms with Crippen LogP contribution in [0.4, 0.5) is 0 Å². The van der Waals surface area contributed by atoms with Crippen LogP contribution in [-0.2, 0) is 0 Å². The van der Waals surface area contributed by atoms with Crippen molar-refractivity contribution in [3.8, 4) is 11.3 Å². The van der Waals surface area contributed by atoms with Gasteiger partial charge in [-0.15, -0.1) is 0 Å². The Hall–Kier alpha value is -1.68. The van der Waals surface area contributed by atoms with Crippen molar-refractivity contribution in [3.05, 3.63) is 36.5 Å². The predicted molar refractivity (Wildman–Crippen MR) is 54.4 cm³/mol. The first-order valence-electron chi connectivity index (χ1n) is 4.49. The molecule has 0 spiro atoms. The number of aromatic amines is 1. The summed E-state index contributed by atoms with van der Waals surface area (Å²) in [5, 5.41) is 0. The minimum absolute atomic E-state index is 0.131. The van der Waals surface area contributed by atoms with Gasteiger partial charge < -0.3 is 10.7 Å². The number of H-pyrrole nitrogens is 1. The van der Waals surface area contributed by atoms with E-state index in [1.165, 1.54) is 0 Å². The number of rotatable bonds is 2. The van der Waals surface area contributed by atoms with E-state index in [-0.39, 0.29) is 6.04 Å². The van der Waals surface area contributed by atoms with Crippen LogP contribution in [0, 0.1) is 0 Å². The molecule has 14 heavy (non-hydrogen) atoms. The standard InChI is InChI=1S/C10H12N4/c1-7(11)10-13-5-3-9(14-10)8-2-4-12-6-8/h2-7,12H,11H2,1H3. The van der Waals surface area contributed by atoms with E-state index < -0.39 is 0 Å². The summed E-state index contributed by atoms with van der Waals surface area (Å²) < 4.78 is 0. The highest BCUT2D eigenvalue weighted by Gasteiger charge is 2.05. The van der Waals surface area contributed by atoms with Gasteiger partial charge in [0.25, 0.3) is 0 Å². The maximum absolute atomic E-state index is 5.70. The molecule has 0 fully saturated rings. The number of hydrogen-bond acceptors (Lipinski definition) is 3. The fraction of sp³-hybridized carbons (Fsp3) is 0.200. The Morgan fingerprint density at radius 1 is 1.43 bits per heavy atom. The number of nitrogens with zero attached hydrogens (tertiary/aromatic N) is 2. The summed E-state index contributed by atoms with van der Waals surface area (Å²) in [4.78, 5) is 11.4. The number of nitrogens with one attached hydrogen (secondary N) is 1. The maximum atomic E-state index is 5.70. The van der Waals surface area contributed by atoms with Crippen molar-refractivity contribution in [2.75, 3.05) is 0 Å². The summed E-state index contributed by atoms with van der Waals surface area (Å²) in [5.74, 6) is 0.670. The first-order chi connectivity index (χ1) is 6.77. The highest BCUT2D eigenvalue weighted by molar-refractivity contribution is 5.57. The lowest BCUT2D eigenvalue weighted by Crippen LogP contribution is -2.09. The van der Waals surface area contributed by atoms with Gasteiger partial charge in [0.15, 0.2) is 0 Å². The Morgan fingerprint density at radius 2 is 2.29 bits per heavy atom. The molecular formula is C10H12N4. The highest BCUT2D eigenvalue weighted by Crippen LogP contribution is 2.16. The second-order valence-electron chi connectivity index (χ2n) is 3.19. The Kier molecular flexibility index (Phi) is 2.28. The van der Waals surface area contributed by atoms with Gasteiger partial charge in [0.1, 0.15) is 5.82 Å². The van der Waals surface area contributed by atoms with Gasteiger partial charge in [-0.2, -0.15) is 0 Å². The zero-order chi connectivity index (χ0) is 9.97. The van der Waals surface area contributed by atoms with Crippen molar-refractivity contribution in [1.82, 2.24) is 15.0 Å². The second-order valence-corrected chi connectivity index (χ2v) is 3.19. The summed E-state index contributed by atoms with van der Waals surface area (Å²) in [6.07, 6.45) is 5.49. The summed E-state index contributed by atoms with van der Waals surface area (Å²) in [7, 11) is 0. The Bertz CT molecular complexity index is 406. The van der Waals surface area contributed by atoms with Crippen molar-refractivity contribution in [2.24, 2.45) is 5.73 Å². The summed E-state index contributed by atoms with van der Waals surface area (Å²) in [6, 6.07) is 3.71. The SMILES string of the molecule is CC(N)c1nccc(-c2cc[nH]c2)n1. The van der Waals surface area contributed by atoms with Crippen LogP contribution in [0.5, 0.6) is 0 Å². The molecule has 0 aliphatic carbocycles. The fourth-order valence-electron chi connectivity index (χ4n) is 1.24. The molecule has 2 heterocycles. The smallest absolute Gasteiger partial charge is 0.145 e. The van der Waals surface area contributed by atoms with Gasteiger partial charge in [0, 0.05) is 24.2 Å². The molecule has 2 rings (SSSR count). The normalized spacial score (nSPS) is 12.7. The van der Waals surface area contributed by atoms with Crippen molar-refractivity contribution in [3.63, 3.8) is 0 Å². The zero-order valence-electron chi connectivity index (χ0n) is 7.94. The number of aromatic nitrogens is 3. The molecule has 2 aromatic rings. The lowest BCUT2D eigenvalue weighted by molar-refractivity contribution is 0.741. The van der Waals surface area contributed by atoms with Gasteiger partial charge in [0.2, 0.25) is 0 Å². The van der Waals surface area contributed by atoms with E-state index in [4.69, 9.17) is 5.73 Å². The summed E-state index contributed by atoms with van der Waals surface area (Å²) >= 11 is 0. The molecule has 0 aromatic carbocycles. The molecule has 1 atom stereocenters. The third-order valence-electron chi connectivity index (χ3n) is 1.98. The molecule has 4 heteroatoms. The van der Waals surface area contributed by atoms with Crippen LogP contribution in [-0.4, -0.2) is 15.0 Å². The Balaban J connectivity index is 2.41. The Labute approximate surface area is 82.2 Å². The fourth-order valence-corrected chi connectivity index (χ4v) is 1.24. The van der Waals surface area contributed by atoms with E-state index in [0.29, 0.717) is 5.82 Å². The highest BCUT2D eigenvalue weighted by atomic mass is 14.9. The van der Waals surface area contributed by atoms with E-state index in [1.54, 1.807) is 6.20 Å². The minimum atomic E-state index is -0.131. The average molecular weight is 188 g/mol. The van der Waals surface area contributed by atoms with E-state index in [0.717, 1.165) is 11.3 Å². The molecule has 3 N–H and O–H groups in total. The maximum Gasteiger partial charge on any atom is 0.145 e. The van der Waals surface area contributed by atoms with Crippen LogP contribution < -0.4 is 5.73 Å². The van der Waals surface area contributed by atoms with Gasteiger partial charge in [-0.25, -0.2) is 9.97 Å². The molecule has 0 radical (unpaired) electrons. The van der Waals surface area contributed by atoms with Crippen LogP contribution in [0.3, 0.4) is 0 Å². The third-order valence-corrected chi connectivity index (χ3v) is 1.98. The summed E-state index contributed by atoms with van der Waals surface area (Å²) in [6.45, 7) is 1.87. The molecule has 0 saturated carbocycles. The third kappa shape index (κ3) is 1.65. The quantitative estimate of drug-likeness (QED) is 0.750. The number of nitrogens with two attached hydrogens (primary N) is 1. The monoisotopic (exact) mass is 188 g/mol. The first-order valence-corrected chi connectivity index (χ1v) is 4.49. The van der Waals surface area contributed by atoms with Crippen LogP contribution in [0.15, 0.2) is 30.7 Å². The molecule has 0 saturated heterocycles. The molecule has 1 unspecified atom stereocenters. The van der Waals surface area contributed by atoms with Gasteiger partial charge in [-0.1, -0.05) is 0 Å². The van der Waals surface area contributed by atoms with Crippen LogP contribution in [0.2, 0.25) is 0 Å². The molecule has 2 aromatic heterocycles. The van der Waals surface area contributed by atoms with E-state index in [2.05, 4.69) is 15.0 Å². The van der Waals surface area contributed by atoms with E-state index >= 15 is 0 Å². The van der Waals surface area contributed by atoms with Crippen LogP contribution in [0.25, 0.3) is 11.3 Å². The molecule has 4 nitrogen and oxygen atoms in total. The topological polar surface area (TPSA) is 67.6 Å². The largest absolute Gasteiger partial charge is 0.367 e. The lowest BCUT2D eigenvalue weighted by atomic mass is 10.2. The second kappa shape index (κ2) is 3.59. The van der Waals surface area contributed by atoms with Crippen molar-refractivity contribution in [2.45, 2.75) is 13.0 Å². The first kappa shape index (κ1) is 8.90. The molecule has 0 amide bonds. The molecular weight excluding hydrogens is 176 g/mol. The van der Waals surface area contributed by atoms with Gasteiger partial charge in [-0.05, 0) is 19.1 Å². The molecule has 0 bridgehead atoms. The summed E-state index contributed by atoms with van der Waals surface area (Å²) in [5.41, 5.74) is 7.65. The van der Waals surface area contributed by atoms with Crippen LogP contribution in [0.1, 0.15) is 18.8 Å². The lowest BCUT2D eigenvalue weighted by Gasteiger charge is -2.04. The van der Waals surface area contributed by atoms with E-state index in [9.17, 15) is 0 Å². The average Bonchev–Trinajstić information content (AvgIpc) is 2.71. The van der Waals surface area contributed by atoms with E-state index in [1.807, 2.05) is 31.5 Å². The van der Waals surface area contributed by atoms with Gasteiger partial charge in [-0.3, -0.25) is 0 Å². The van der Waals surface area contributed by atoms with Crippen molar-refractivity contribution in [1.29, 1.82) is 0 Å². The minimum Gasteiger partial charge on any atom is -0.367 e. The molecule has 72 valence electrons. The van der Waals surface area contributed by atoms with Crippen LogP contribution >= 0.6 is 0 Å². The number of hydrogen-bond donors (Lipinski definition) is 2. The molecule has 0 aliphatic rings. The zero-order valence-corrected chi connectivity index (χ0v) is 7.94. The molecule has 0 aliphatic heterocycles. The predicted octanol–water partition coefficient (Wildman–Crippen LogP) is 1.49. The van der Waals surface area contributed by atoms with Crippen molar-refractivity contribution >= 4 is 0 Å².